The SMILES string of the molecule is CCSc1nnc(NC(=O)/C=C/c2nc3ccccc3s2)s1. The van der Waals surface area contributed by atoms with E-state index < -0.39 is 0 Å². The Kier molecular flexibility index (Phi) is 4.81. The highest BCUT2D eigenvalue weighted by Crippen LogP contribution is 2.25. The Balaban J connectivity index is 1.65. The molecule has 22 heavy (non-hydrogen) atoms. The van der Waals surface area contributed by atoms with Crippen LogP contribution in [-0.4, -0.2) is 26.8 Å². The lowest BCUT2D eigenvalue weighted by atomic mass is 10.3. The fourth-order valence-corrected chi connectivity index (χ4v) is 4.22. The van der Waals surface area contributed by atoms with E-state index in [9.17, 15) is 4.79 Å². The van der Waals surface area contributed by atoms with E-state index in [0.717, 1.165) is 25.3 Å². The Hall–Kier alpha value is -1.77. The number of aromatic nitrogens is 3. The molecule has 2 heterocycles. The summed E-state index contributed by atoms with van der Waals surface area (Å²) in [6, 6.07) is 7.89. The lowest BCUT2D eigenvalue weighted by Crippen LogP contribution is -2.07. The molecule has 0 bridgehead atoms. The number of carbonyl (C=O) groups is 1. The number of nitrogens with one attached hydrogen (secondary N) is 1. The minimum absolute atomic E-state index is 0.233. The zero-order valence-corrected chi connectivity index (χ0v) is 14.1. The largest absolute Gasteiger partial charge is 0.297 e. The fraction of sp³-hybridized carbons (Fsp3) is 0.143. The number of thiazole rings is 1. The number of nitrogens with zero attached hydrogens (tertiary/aromatic N) is 3. The van der Waals surface area contributed by atoms with E-state index in [0.29, 0.717) is 5.13 Å². The van der Waals surface area contributed by atoms with Gasteiger partial charge in [0.1, 0.15) is 5.01 Å². The molecule has 0 saturated heterocycles. The summed E-state index contributed by atoms with van der Waals surface area (Å²) in [5.74, 6) is 0.698. The van der Waals surface area contributed by atoms with Gasteiger partial charge in [-0.05, 0) is 24.0 Å². The minimum Gasteiger partial charge on any atom is -0.297 e. The number of carbonyl (C=O) groups excluding carboxylic acids is 1. The van der Waals surface area contributed by atoms with Crippen LogP contribution in [0, 0.1) is 0 Å². The maximum atomic E-state index is 11.9. The molecular weight excluding hydrogens is 336 g/mol. The number of para-hydroxylation sites is 1. The second-order valence-corrected chi connectivity index (χ2v) is 7.70. The van der Waals surface area contributed by atoms with E-state index in [1.807, 2.05) is 31.2 Å². The van der Waals surface area contributed by atoms with Gasteiger partial charge < -0.3 is 0 Å². The Bertz CT molecular complexity index is 791. The van der Waals surface area contributed by atoms with E-state index >= 15 is 0 Å². The second-order valence-electron chi connectivity index (χ2n) is 4.15. The maximum absolute atomic E-state index is 11.9. The molecule has 1 N–H and O–H groups in total. The molecule has 3 rings (SSSR count). The van der Waals surface area contributed by atoms with Crippen molar-refractivity contribution in [1.29, 1.82) is 0 Å². The molecule has 0 aliphatic heterocycles. The van der Waals surface area contributed by atoms with E-state index in [1.54, 1.807) is 29.2 Å². The summed E-state index contributed by atoms with van der Waals surface area (Å²) < 4.78 is 1.96. The molecule has 112 valence electrons. The summed E-state index contributed by atoms with van der Waals surface area (Å²) in [6.45, 7) is 2.05. The van der Waals surface area contributed by atoms with Crippen molar-refractivity contribution in [3.63, 3.8) is 0 Å². The Morgan fingerprint density at radius 2 is 2.18 bits per heavy atom. The lowest BCUT2D eigenvalue weighted by Gasteiger charge is -1.93. The van der Waals surface area contributed by atoms with E-state index in [1.165, 1.54) is 17.4 Å². The third-order valence-corrected chi connectivity index (χ3v) is 5.45. The predicted octanol–water partition coefficient (Wildman–Crippen LogP) is 3.91. The smallest absolute Gasteiger partial charge is 0.250 e. The Morgan fingerprint density at radius 1 is 1.32 bits per heavy atom. The van der Waals surface area contributed by atoms with Gasteiger partial charge in [0.15, 0.2) is 4.34 Å². The number of thioether (sulfide) groups is 1. The van der Waals surface area contributed by atoms with E-state index in [-0.39, 0.29) is 5.91 Å². The number of benzene rings is 1. The number of amides is 1. The van der Waals surface area contributed by atoms with Crippen molar-refractivity contribution in [2.75, 3.05) is 11.1 Å². The van der Waals surface area contributed by atoms with Crippen molar-refractivity contribution in [2.45, 2.75) is 11.3 Å². The number of rotatable bonds is 5. The molecule has 0 aliphatic rings. The summed E-state index contributed by atoms with van der Waals surface area (Å²) >= 11 is 4.53. The third-order valence-electron chi connectivity index (χ3n) is 2.59. The molecule has 0 fully saturated rings. The second kappa shape index (κ2) is 6.99. The fourth-order valence-electron chi connectivity index (χ4n) is 1.70. The highest BCUT2D eigenvalue weighted by atomic mass is 32.2. The molecule has 0 radical (unpaired) electrons. The van der Waals surface area contributed by atoms with Crippen molar-refractivity contribution >= 4 is 61.8 Å². The lowest BCUT2D eigenvalue weighted by molar-refractivity contribution is -0.111. The summed E-state index contributed by atoms with van der Waals surface area (Å²) in [5, 5.41) is 11.9. The van der Waals surface area contributed by atoms with Crippen LogP contribution in [0.4, 0.5) is 5.13 Å². The summed E-state index contributed by atoms with van der Waals surface area (Å²) in [6.07, 6.45) is 3.18. The van der Waals surface area contributed by atoms with Crippen molar-refractivity contribution < 1.29 is 4.79 Å². The van der Waals surface area contributed by atoms with Gasteiger partial charge in [0.25, 0.3) is 0 Å². The third kappa shape index (κ3) is 3.70. The Labute approximate surface area is 139 Å². The molecule has 0 aliphatic carbocycles. The molecule has 0 saturated carbocycles. The van der Waals surface area contributed by atoms with Crippen LogP contribution in [0.15, 0.2) is 34.7 Å². The molecule has 0 spiro atoms. The molecule has 0 atom stereocenters. The number of fused-ring (bicyclic) bond motifs is 1. The highest BCUT2D eigenvalue weighted by Gasteiger charge is 2.06. The van der Waals surface area contributed by atoms with Crippen LogP contribution in [0.1, 0.15) is 11.9 Å². The van der Waals surface area contributed by atoms with E-state index in [4.69, 9.17) is 0 Å². The van der Waals surface area contributed by atoms with Gasteiger partial charge in [-0.15, -0.1) is 21.5 Å². The summed E-state index contributed by atoms with van der Waals surface area (Å²) in [4.78, 5) is 16.3. The van der Waals surface area contributed by atoms with Crippen molar-refractivity contribution in [2.24, 2.45) is 0 Å². The van der Waals surface area contributed by atoms with Gasteiger partial charge in [0.2, 0.25) is 11.0 Å². The van der Waals surface area contributed by atoms with Gasteiger partial charge in [-0.1, -0.05) is 42.2 Å². The molecule has 8 heteroatoms. The van der Waals surface area contributed by atoms with Crippen molar-refractivity contribution in [3.8, 4) is 0 Å². The quantitative estimate of drug-likeness (QED) is 0.430. The number of hydrogen-bond acceptors (Lipinski definition) is 7. The van der Waals surface area contributed by atoms with Crippen LogP contribution < -0.4 is 5.32 Å². The molecule has 3 aromatic rings. The topological polar surface area (TPSA) is 67.8 Å². The first kappa shape index (κ1) is 15.1. The van der Waals surface area contributed by atoms with Gasteiger partial charge in [0.05, 0.1) is 10.2 Å². The first-order chi connectivity index (χ1) is 10.7. The zero-order chi connectivity index (χ0) is 15.4. The van der Waals surface area contributed by atoms with Crippen molar-refractivity contribution in [1.82, 2.24) is 15.2 Å². The molecular formula is C14H12N4OS3. The highest BCUT2D eigenvalue weighted by molar-refractivity contribution is 8.01. The molecule has 2 aromatic heterocycles. The van der Waals surface area contributed by atoms with E-state index in [2.05, 4.69) is 20.5 Å². The summed E-state index contributed by atoms with van der Waals surface area (Å²) in [5.41, 5.74) is 0.943. The average molecular weight is 348 g/mol. The van der Waals surface area contributed by atoms with Crippen LogP contribution in [0.2, 0.25) is 0 Å². The summed E-state index contributed by atoms with van der Waals surface area (Å²) in [7, 11) is 0. The maximum Gasteiger partial charge on any atom is 0.250 e. The van der Waals surface area contributed by atoms with Crippen LogP contribution in [0.3, 0.4) is 0 Å². The van der Waals surface area contributed by atoms with Gasteiger partial charge >= 0.3 is 0 Å². The van der Waals surface area contributed by atoms with Gasteiger partial charge in [-0.25, -0.2) is 4.98 Å². The van der Waals surface area contributed by atoms with Crippen LogP contribution in [0.5, 0.6) is 0 Å². The van der Waals surface area contributed by atoms with Crippen molar-refractivity contribution in [3.05, 3.63) is 35.3 Å². The number of anilines is 1. The molecule has 1 amide bonds. The molecule has 1 aromatic carbocycles. The first-order valence-electron chi connectivity index (χ1n) is 6.55. The molecule has 0 unspecified atom stereocenters. The Morgan fingerprint density at radius 3 is 3.00 bits per heavy atom. The predicted molar refractivity (Wildman–Crippen MR) is 93.6 cm³/mol. The van der Waals surface area contributed by atoms with Crippen LogP contribution >= 0.6 is 34.4 Å². The average Bonchev–Trinajstić information content (AvgIpc) is 3.12. The zero-order valence-electron chi connectivity index (χ0n) is 11.6. The standard InChI is InChI=1S/C14H12N4OS3/c1-2-20-14-18-17-13(22-14)16-11(19)7-8-12-15-9-5-3-4-6-10(9)21-12/h3-8H,2H2,1H3,(H,16,17,19)/b8-7+. The normalized spacial score (nSPS) is 11.3. The van der Waals surface area contributed by atoms with Crippen LogP contribution in [-0.2, 0) is 4.79 Å². The monoisotopic (exact) mass is 348 g/mol. The van der Waals surface area contributed by atoms with Gasteiger partial charge in [-0.3, -0.25) is 10.1 Å². The first-order valence-corrected chi connectivity index (χ1v) is 9.17. The van der Waals surface area contributed by atoms with Crippen LogP contribution in [0.25, 0.3) is 16.3 Å². The number of hydrogen-bond donors (Lipinski definition) is 1. The molecule has 5 nitrogen and oxygen atoms in total. The van der Waals surface area contributed by atoms with Gasteiger partial charge in [-0.2, -0.15) is 0 Å². The minimum atomic E-state index is -0.233. The van der Waals surface area contributed by atoms with Gasteiger partial charge in [0, 0.05) is 6.08 Å².